The topological polar surface area (TPSA) is 121 Å². The van der Waals surface area contributed by atoms with Gasteiger partial charge in [-0.05, 0) is 32.0 Å². The lowest BCUT2D eigenvalue weighted by Crippen LogP contribution is -2.47. The summed E-state index contributed by atoms with van der Waals surface area (Å²) in [5, 5.41) is 9.62. The van der Waals surface area contributed by atoms with Crippen LogP contribution in [0.1, 0.15) is 42.3 Å². The van der Waals surface area contributed by atoms with Crippen molar-refractivity contribution in [1.29, 1.82) is 5.41 Å². The Morgan fingerprint density at radius 2 is 1.84 bits per heavy atom. The van der Waals surface area contributed by atoms with E-state index in [9.17, 15) is 4.21 Å². The van der Waals surface area contributed by atoms with Gasteiger partial charge < -0.3 is 15.4 Å². The van der Waals surface area contributed by atoms with E-state index in [1.54, 1.807) is 43.7 Å². The predicted octanol–water partition coefficient (Wildman–Crippen LogP) is 4.43. The molecule has 2 aromatic heterocycles. The third-order valence-corrected chi connectivity index (χ3v) is 8.39. The average Bonchev–Trinajstić information content (AvgIpc) is 2.91. The molecule has 0 saturated carbocycles. The number of hydrogen-bond acceptors (Lipinski definition) is 8. The predicted molar refractivity (Wildman–Crippen MR) is 149 cm³/mol. The number of benzene rings is 1. The van der Waals surface area contributed by atoms with Crippen LogP contribution in [0.3, 0.4) is 0 Å². The molecular weight excluding hydrogens is 533 g/mol. The molecule has 3 aromatic rings. The Bertz CT molecular complexity index is 1320. The highest BCUT2D eigenvalue weighted by Crippen LogP contribution is 2.35. The minimum absolute atomic E-state index is 0.182. The van der Waals surface area contributed by atoms with Crippen LogP contribution in [0.2, 0.25) is 10.0 Å². The van der Waals surface area contributed by atoms with Crippen LogP contribution in [0.4, 0.5) is 11.6 Å². The normalized spacial score (nSPS) is 15.9. The molecule has 0 radical (unpaired) electrons. The number of ether oxygens (including phenoxy) is 1. The van der Waals surface area contributed by atoms with E-state index in [1.165, 1.54) is 0 Å². The molecule has 12 heteroatoms. The van der Waals surface area contributed by atoms with E-state index in [4.69, 9.17) is 39.1 Å². The van der Waals surface area contributed by atoms with Crippen molar-refractivity contribution in [3.63, 3.8) is 0 Å². The van der Waals surface area contributed by atoms with Crippen LogP contribution in [0.15, 0.2) is 36.8 Å². The minimum atomic E-state index is -0.939. The summed E-state index contributed by atoms with van der Waals surface area (Å²) >= 11 is 12.8. The van der Waals surface area contributed by atoms with Crippen LogP contribution in [0, 0.1) is 12.3 Å². The largest absolute Gasteiger partial charge is 0.486 e. The summed E-state index contributed by atoms with van der Waals surface area (Å²) < 4.78 is 20.1. The van der Waals surface area contributed by atoms with Crippen LogP contribution in [-0.2, 0) is 11.0 Å². The second kappa shape index (κ2) is 11.7. The lowest BCUT2D eigenvalue weighted by atomic mass is 10.0. The second-order valence-electron chi connectivity index (χ2n) is 8.60. The summed E-state index contributed by atoms with van der Waals surface area (Å²) in [6, 6.07) is 5.15. The van der Waals surface area contributed by atoms with Crippen molar-refractivity contribution >= 4 is 51.5 Å². The summed E-state index contributed by atoms with van der Waals surface area (Å²) in [7, 11) is -0.939. The number of nitrogen functional groups attached to an aromatic ring is 1. The maximum atomic E-state index is 12.0. The zero-order valence-electron chi connectivity index (χ0n) is 20.9. The Morgan fingerprint density at radius 1 is 1.16 bits per heavy atom. The highest BCUT2D eigenvalue weighted by atomic mass is 35.5. The van der Waals surface area contributed by atoms with Gasteiger partial charge in [-0.2, -0.15) is 0 Å². The molecule has 1 unspecified atom stereocenters. The summed E-state index contributed by atoms with van der Waals surface area (Å²) in [6.07, 6.45) is 4.34. The van der Waals surface area contributed by atoms with Crippen LogP contribution in [0.25, 0.3) is 0 Å². The molecule has 9 nitrogen and oxygen atoms in total. The van der Waals surface area contributed by atoms with Gasteiger partial charge in [0.25, 0.3) is 0 Å². The number of aromatic nitrogens is 3. The molecule has 1 aliphatic heterocycles. The van der Waals surface area contributed by atoms with Crippen LogP contribution < -0.4 is 15.4 Å². The molecule has 0 bridgehead atoms. The van der Waals surface area contributed by atoms with E-state index >= 15 is 0 Å². The number of nitrogens with one attached hydrogen (secondary N) is 1. The van der Waals surface area contributed by atoms with Crippen molar-refractivity contribution in [3.8, 4) is 5.75 Å². The summed E-state index contributed by atoms with van der Waals surface area (Å²) in [4.78, 5) is 15.2. The van der Waals surface area contributed by atoms with Gasteiger partial charge >= 0.3 is 0 Å². The molecule has 0 amide bonds. The van der Waals surface area contributed by atoms with Gasteiger partial charge in [-0.15, -0.1) is 0 Å². The Hall–Kier alpha value is -2.79. The van der Waals surface area contributed by atoms with Gasteiger partial charge in [0.2, 0.25) is 5.95 Å². The number of aryl methyl sites for hydroxylation is 1. The molecule has 4 rings (SSSR count). The lowest BCUT2D eigenvalue weighted by Gasteiger charge is -2.33. The van der Waals surface area contributed by atoms with Crippen molar-refractivity contribution in [2.45, 2.75) is 26.9 Å². The molecule has 1 fully saturated rings. The van der Waals surface area contributed by atoms with Crippen LogP contribution in [0.5, 0.6) is 5.75 Å². The smallest absolute Gasteiger partial charge is 0.225 e. The molecule has 2 atom stereocenters. The quantitative estimate of drug-likeness (QED) is 0.308. The number of hydrogen-bond donors (Lipinski definition) is 2. The molecule has 1 aliphatic rings. The fraction of sp³-hybridized carbons (Fsp3) is 0.360. The monoisotopic (exact) mass is 561 g/mol. The molecule has 37 heavy (non-hydrogen) atoms. The standard InChI is InChI=1S/C25H29Cl2N7O2S/c1-4-37(35)34-9-7-33(8-10-34)25-31-12-17(13-32-25)24(29)19-11-18(5-6-21(19)28)36-16(3)22-20(26)14-30-15(2)23(22)27/h5-6,11-14,16,29H,4,7-10,28H2,1-3H3/t16-,37?/m1/s1. The molecule has 3 heterocycles. The first-order valence-corrected chi connectivity index (χ1v) is 13.9. The van der Waals surface area contributed by atoms with Crippen molar-refractivity contribution in [2.24, 2.45) is 0 Å². The van der Waals surface area contributed by atoms with Gasteiger partial charge in [-0.25, -0.2) is 18.5 Å². The van der Waals surface area contributed by atoms with Gasteiger partial charge in [-0.1, -0.05) is 30.1 Å². The number of pyridine rings is 1. The van der Waals surface area contributed by atoms with Gasteiger partial charge in [0, 0.05) is 72.9 Å². The first kappa shape index (κ1) is 27.3. The fourth-order valence-electron chi connectivity index (χ4n) is 4.08. The number of rotatable bonds is 8. The zero-order valence-corrected chi connectivity index (χ0v) is 23.2. The first-order valence-electron chi connectivity index (χ1n) is 11.9. The zero-order chi connectivity index (χ0) is 26.7. The Balaban J connectivity index is 1.48. The van der Waals surface area contributed by atoms with E-state index in [2.05, 4.69) is 19.9 Å². The molecule has 3 N–H and O–H groups in total. The van der Waals surface area contributed by atoms with Crippen molar-refractivity contribution in [2.75, 3.05) is 42.6 Å². The number of anilines is 2. The van der Waals surface area contributed by atoms with E-state index in [-0.39, 0.29) is 5.71 Å². The first-order chi connectivity index (χ1) is 17.7. The van der Waals surface area contributed by atoms with Crippen molar-refractivity contribution in [1.82, 2.24) is 19.3 Å². The van der Waals surface area contributed by atoms with Gasteiger partial charge in [0.15, 0.2) is 0 Å². The highest BCUT2D eigenvalue weighted by molar-refractivity contribution is 7.82. The molecule has 196 valence electrons. The molecule has 1 saturated heterocycles. The van der Waals surface area contributed by atoms with Gasteiger partial charge in [0.1, 0.15) is 11.9 Å². The lowest BCUT2D eigenvalue weighted by molar-refractivity contribution is 0.227. The van der Waals surface area contributed by atoms with Gasteiger partial charge in [-0.3, -0.25) is 10.4 Å². The van der Waals surface area contributed by atoms with Crippen LogP contribution >= 0.6 is 23.2 Å². The maximum Gasteiger partial charge on any atom is 0.225 e. The summed E-state index contributed by atoms with van der Waals surface area (Å²) in [5.74, 6) is 1.72. The molecule has 0 aliphatic carbocycles. The highest BCUT2D eigenvalue weighted by Gasteiger charge is 2.23. The second-order valence-corrected chi connectivity index (χ2v) is 11.1. The number of piperazine rings is 1. The van der Waals surface area contributed by atoms with Crippen molar-refractivity contribution < 1.29 is 8.95 Å². The Kier molecular flexibility index (Phi) is 8.63. The van der Waals surface area contributed by atoms with Crippen LogP contribution in [-0.4, -0.2) is 61.1 Å². The van der Waals surface area contributed by atoms with E-state index in [0.717, 1.165) is 0 Å². The fourth-order valence-corrected chi connectivity index (χ4v) is 5.67. The molecule has 0 spiro atoms. The number of nitrogens with zero attached hydrogens (tertiary/aromatic N) is 5. The molecule has 1 aromatic carbocycles. The Labute approximate surface area is 229 Å². The van der Waals surface area contributed by atoms with Gasteiger partial charge in [0.05, 0.1) is 32.4 Å². The molecular formula is C25H29Cl2N7O2S. The van der Waals surface area contributed by atoms with E-state index < -0.39 is 17.1 Å². The number of halogens is 2. The third-order valence-electron chi connectivity index (χ3n) is 6.18. The summed E-state index contributed by atoms with van der Waals surface area (Å²) in [5.41, 5.74) is 9.17. The van der Waals surface area contributed by atoms with E-state index in [1.807, 2.05) is 18.2 Å². The SMILES string of the molecule is CCS(=O)N1CCN(c2ncc(C(=N)c3cc(O[C@H](C)c4c(Cl)cnc(C)c4Cl)ccc3N)cn2)CC1. The van der Waals surface area contributed by atoms with E-state index in [0.29, 0.717) is 81.7 Å². The van der Waals surface area contributed by atoms with Crippen molar-refractivity contribution in [3.05, 3.63) is 69.2 Å². The minimum Gasteiger partial charge on any atom is -0.486 e. The summed E-state index contributed by atoms with van der Waals surface area (Å²) in [6.45, 7) is 8.34. The average molecular weight is 563 g/mol. The number of nitrogens with two attached hydrogens (primary N) is 1. The maximum absolute atomic E-state index is 12.0. The third kappa shape index (κ3) is 6.04. The Morgan fingerprint density at radius 3 is 2.49 bits per heavy atom.